The van der Waals surface area contributed by atoms with Crippen LogP contribution in [0, 0.1) is 5.41 Å². The Bertz CT molecular complexity index is 926. The molecular formula is C27H34O7. The van der Waals surface area contributed by atoms with Crippen molar-refractivity contribution in [3.8, 4) is 11.5 Å². The third kappa shape index (κ3) is 8.30. The number of hydrogen-bond acceptors (Lipinski definition) is 7. The van der Waals surface area contributed by atoms with Gasteiger partial charge in [0.1, 0.15) is 6.29 Å². The fourth-order valence-electron chi connectivity index (χ4n) is 3.76. The van der Waals surface area contributed by atoms with Crippen LogP contribution in [0.15, 0.2) is 48.5 Å². The van der Waals surface area contributed by atoms with Crippen molar-refractivity contribution in [1.29, 1.82) is 0 Å². The molecule has 0 heterocycles. The lowest BCUT2D eigenvalue weighted by Gasteiger charge is -2.27. The van der Waals surface area contributed by atoms with Crippen molar-refractivity contribution in [1.82, 2.24) is 0 Å². The average Bonchev–Trinajstić information content (AvgIpc) is 2.86. The lowest BCUT2D eigenvalue weighted by atomic mass is 9.78. The summed E-state index contributed by atoms with van der Waals surface area (Å²) in [5.74, 6) is 0.526. The molecule has 2 aromatic carbocycles. The van der Waals surface area contributed by atoms with E-state index in [2.05, 4.69) is 0 Å². The molecule has 0 radical (unpaired) electrons. The molecule has 7 heteroatoms. The SMILES string of the molecule is CCOC(=O)CC(C=O)(CCCC(=O)c1ccc(OC)c(OC)c1)CCOCc1ccccc1. The minimum Gasteiger partial charge on any atom is -0.493 e. The molecule has 0 aromatic heterocycles. The van der Waals surface area contributed by atoms with Crippen molar-refractivity contribution >= 4 is 18.0 Å². The second-order valence-corrected chi connectivity index (χ2v) is 8.10. The fourth-order valence-corrected chi connectivity index (χ4v) is 3.76. The van der Waals surface area contributed by atoms with Gasteiger partial charge in [-0.2, -0.15) is 0 Å². The van der Waals surface area contributed by atoms with Gasteiger partial charge in [-0.25, -0.2) is 0 Å². The van der Waals surface area contributed by atoms with Crippen molar-refractivity contribution < 1.29 is 33.3 Å². The Morgan fingerprint density at radius 3 is 2.35 bits per heavy atom. The fraction of sp³-hybridized carbons (Fsp3) is 0.444. The molecule has 0 N–H and O–H groups in total. The van der Waals surface area contributed by atoms with E-state index in [-0.39, 0.29) is 25.2 Å². The van der Waals surface area contributed by atoms with E-state index in [1.807, 2.05) is 30.3 Å². The van der Waals surface area contributed by atoms with E-state index in [4.69, 9.17) is 18.9 Å². The summed E-state index contributed by atoms with van der Waals surface area (Å²) in [5.41, 5.74) is 0.594. The molecular weight excluding hydrogens is 436 g/mol. The second kappa shape index (κ2) is 14.2. The summed E-state index contributed by atoms with van der Waals surface area (Å²) in [5, 5.41) is 0. The standard InChI is InChI=1S/C27H34O7/c1-4-34-26(30)18-27(20-28,15-16-33-19-21-9-6-5-7-10-21)14-8-11-23(29)22-12-13-24(31-2)25(17-22)32-3/h5-7,9-10,12-13,17,20H,4,8,11,14-16,18-19H2,1-3H3. The van der Waals surface area contributed by atoms with Gasteiger partial charge >= 0.3 is 5.97 Å². The second-order valence-electron chi connectivity index (χ2n) is 8.10. The Morgan fingerprint density at radius 1 is 0.971 bits per heavy atom. The first-order chi connectivity index (χ1) is 16.5. The molecule has 0 saturated carbocycles. The van der Waals surface area contributed by atoms with E-state index in [0.29, 0.717) is 49.5 Å². The number of ether oxygens (including phenoxy) is 4. The zero-order chi connectivity index (χ0) is 24.8. The average molecular weight is 471 g/mol. The van der Waals surface area contributed by atoms with Crippen LogP contribution in [-0.4, -0.2) is 45.5 Å². The molecule has 34 heavy (non-hydrogen) atoms. The van der Waals surface area contributed by atoms with Gasteiger partial charge in [0.25, 0.3) is 0 Å². The number of aldehydes is 1. The minimum absolute atomic E-state index is 0.0381. The highest BCUT2D eigenvalue weighted by molar-refractivity contribution is 5.96. The van der Waals surface area contributed by atoms with Crippen molar-refractivity contribution in [3.05, 3.63) is 59.7 Å². The molecule has 2 rings (SSSR count). The molecule has 0 bridgehead atoms. The Labute approximate surface area is 201 Å². The maximum absolute atomic E-state index is 12.7. The monoisotopic (exact) mass is 470 g/mol. The normalized spacial score (nSPS) is 12.4. The third-order valence-electron chi connectivity index (χ3n) is 5.69. The zero-order valence-electron chi connectivity index (χ0n) is 20.2. The molecule has 2 aromatic rings. The molecule has 0 fully saturated rings. The zero-order valence-corrected chi connectivity index (χ0v) is 20.2. The molecule has 0 aliphatic heterocycles. The highest BCUT2D eigenvalue weighted by Gasteiger charge is 2.33. The summed E-state index contributed by atoms with van der Waals surface area (Å²) in [6.07, 6.45) is 2.21. The van der Waals surface area contributed by atoms with Gasteiger partial charge in [-0.3, -0.25) is 9.59 Å². The maximum atomic E-state index is 12.7. The van der Waals surface area contributed by atoms with Gasteiger partial charge < -0.3 is 23.7 Å². The quantitative estimate of drug-likeness (QED) is 0.151. The van der Waals surface area contributed by atoms with Crippen molar-refractivity contribution in [2.24, 2.45) is 5.41 Å². The lowest BCUT2D eigenvalue weighted by molar-refractivity contribution is -0.148. The Morgan fingerprint density at radius 2 is 1.71 bits per heavy atom. The van der Waals surface area contributed by atoms with E-state index < -0.39 is 11.4 Å². The van der Waals surface area contributed by atoms with E-state index >= 15 is 0 Å². The number of rotatable bonds is 16. The molecule has 0 saturated heterocycles. The molecule has 0 spiro atoms. The molecule has 1 unspecified atom stereocenters. The van der Waals surface area contributed by atoms with Crippen molar-refractivity contribution in [2.45, 2.75) is 45.6 Å². The van der Waals surface area contributed by atoms with Gasteiger partial charge in [-0.15, -0.1) is 0 Å². The predicted molar refractivity (Wildman–Crippen MR) is 128 cm³/mol. The Kier molecular flexibility index (Phi) is 11.3. The van der Waals surface area contributed by atoms with Gasteiger partial charge in [0.05, 0.1) is 33.9 Å². The Hall–Kier alpha value is -3.19. The molecule has 7 nitrogen and oxygen atoms in total. The number of methoxy groups -OCH3 is 2. The van der Waals surface area contributed by atoms with E-state index in [1.54, 1.807) is 25.1 Å². The van der Waals surface area contributed by atoms with Crippen LogP contribution in [0.3, 0.4) is 0 Å². The van der Waals surface area contributed by atoms with Crippen LogP contribution in [0.5, 0.6) is 11.5 Å². The first-order valence-corrected chi connectivity index (χ1v) is 11.5. The summed E-state index contributed by atoms with van der Waals surface area (Å²) >= 11 is 0. The first-order valence-electron chi connectivity index (χ1n) is 11.5. The van der Waals surface area contributed by atoms with Gasteiger partial charge in [-0.05, 0) is 49.9 Å². The smallest absolute Gasteiger partial charge is 0.306 e. The summed E-state index contributed by atoms with van der Waals surface area (Å²) < 4.78 is 21.3. The Balaban J connectivity index is 1.98. The van der Waals surface area contributed by atoms with E-state index in [9.17, 15) is 14.4 Å². The van der Waals surface area contributed by atoms with Gasteiger partial charge in [0.15, 0.2) is 17.3 Å². The largest absolute Gasteiger partial charge is 0.493 e. The van der Waals surface area contributed by atoms with Crippen LogP contribution in [0.1, 0.15) is 54.9 Å². The highest BCUT2D eigenvalue weighted by atomic mass is 16.5. The van der Waals surface area contributed by atoms with Crippen molar-refractivity contribution in [2.75, 3.05) is 27.4 Å². The molecule has 184 valence electrons. The number of benzene rings is 2. The third-order valence-corrected chi connectivity index (χ3v) is 5.69. The number of hydrogen-bond donors (Lipinski definition) is 0. The molecule has 0 amide bonds. The van der Waals surface area contributed by atoms with E-state index in [0.717, 1.165) is 11.8 Å². The molecule has 1 atom stereocenters. The molecule has 0 aliphatic rings. The molecule has 0 aliphatic carbocycles. The van der Waals surface area contributed by atoms with Crippen LogP contribution in [0.4, 0.5) is 0 Å². The van der Waals surface area contributed by atoms with Gasteiger partial charge in [0, 0.05) is 24.0 Å². The van der Waals surface area contributed by atoms with Crippen LogP contribution in [-0.2, 0) is 25.7 Å². The number of carbonyl (C=O) groups is 3. The van der Waals surface area contributed by atoms with Crippen LogP contribution >= 0.6 is 0 Å². The van der Waals surface area contributed by atoms with Crippen molar-refractivity contribution in [3.63, 3.8) is 0 Å². The predicted octanol–water partition coefficient (Wildman–Crippen LogP) is 4.80. The van der Waals surface area contributed by atoms with Crippen LogP contribution in [0.2, 0.25) is 0 Å². The lowest BCUT2D eigenvalue weighted by Crippen LogP contribution is -2.29. The maximum Gasteiger partial charge on any atom is 0.306 e. The summed E-state index contributed by atoms with van der Waals surface area (Å²) in [7, 11) is 3.05. The number of carbonyl (C=O) groups excluding carboxylic acids is 3. The minimum atomic E-state index is -0.944. The first kappa shape index (κ1) is 27.1. The van der Waals surface area contributed by atoms with Gasteiger partial charge in [0.2, 0.25) is 0 Å². The van der Waals surface area contributed by atoms with Gasteiger partial charge in [-0.1, -0.05) is 30.3 Å². The van der Waals surface area contributed by atoms with Crippen LogP contribution in [0.25, 0.3) is 0 Å². The summed E-state index contributed by atoms with van der Waals surface area (Å²) in [6, 6.07) is 14.7. The topological polar surface area (TPSA) is 88.1 Å². The van der Waals surface area contributed by atoms with E-state index in [1.165, 1.54) is 14.2 Å². The van der Waals surface area contributed by atoms with Crippen LogP contribution < -0.4 is 9.47 Å². The number of esters is 1. The number of Topliss-reactive ketones (excluding diaryl/α,β-unsaturated/α-hetero) is 1. The highest BCUT2D eigenvalue weighted by Crippen LogP contribution is 2.33. The summed E-state index contributed by atoms with van der Waals surface area (Å²) in [4.78, 5) is 37.1. The summed E-state index contributed by atoms with van der Waals surface area (Å²) in [6.45, 7) is 2.71. The number of ketones is 1.